The van der Waals surface area contributed by atoms with E-state index in [2.05, 4.69) is 19.9 Å². The van der Waals surface area contributed by atoms with Gasteiger partial charge in [0, 0.05) is 55.0 Å². The van der Waals surface area contributed by atoms with E-state index < -0.39 is 21.7 Å². The number of halogens is 1. The van der Waals surface area contributed by atoms with Crippen molar-refractivity contribution < 1.29 is 27.1 Å². The average Bonchev–Trinajstić information content (AvgIpc) is 3.05. The van der Waals surface area contributed by atoms with E-state index in [0.717, 1.165) is 43.2 Å². The maximum absolute atomic E-state index is 14.0. The number of benzene rings is 3. The molecule has 4 aromatic rings. The molecule has 1 aromatic heterocycles. The molecule has 0 spiro atoms. The number of aromatic nitrogens is 1. The Morgan fingerprint density at radius 2 is 1.70 bits per heavy atom. The van der Waals surface area contributed by atoms with Crippen molar-refractivity contribution in [3.8, 4) is 11.6 Å². The van der Waals surface area contributed by atoms with E-state index in [4.69, 9.17) is 10.5 Å². The van der Waals surface area contributed by atoms with Crippen LogP contribution in [0.25, 0.3) is 0 Å². The van der Waals surface area contributed by atoms with Crippen LogP contribution >= 0.6 is 0 Å². The first-order valence-corrected chi connectivity index (χ1v) is 16.5. The van der Waals surface area contributed by atoms with Crippen LogP contribution in [0.4, 0.5) is 26.2 Å². The summed E-state index contributed by atoms with van der Waals surface area (Å²) in [5.41, 5.74) is 7.46. The number of anilines is 3. The fourth-order valence-electron chi connectivity index (χ4n) is 5.18. The summed E-state index contributed by atoms with van der Waals surface area (Å²) in [6, 6.07) is 22.9. The van der Waals surface area contributed by atoms with Gasteiger partial charge in [-0.25, -0.2) is 22.6 Å². The predicted octanol–water partition coefficient (Wildman–Crippen LogP) is 5.58. The minimum absolute atomic E-state index is 0.0108. The normalized spacial score (nSPS) is 14.0. The van der Waals surface area contributed by atoms with Gasteiger partial charge in [-0.3, -0.25) is 19.3 Å². The number of pyridine rings is 1. The molecule has 1 fully saturated rings. The Bertz CT molecular complexity index is 1760. The molecule has 0 atom stereocenters. The van der Waals surface area contributed by atoms with E-state index in [9.17, 15) is 22.4 Å². The summed E-state index contributed by atoms with van der Waals surface area (Å²) in [5, 5.41) is 2.80. The van der Waals surface area contributed by atoms with Gasteiger partial charge >= 0.3 is 6.03 Å². The summed E-state index contributed by atoms with van der Waals surface area (Å²) in [6.45, 7) is 3.74. The van der Waals surface area contributed by atoms with Crippen LogP contribution in [-0.2, 0) is 16.6 Å². The quantitative estimate of drug-likeness (QED) is 0.193. The Balaban J connectivity index is 1.18. The van der Waals surface area contributed by atoms with Gasteiger partial charge in [-0.2, -0.15) is 0 Å². The lowest BCUT2D eigenvalue weighted by molar-refractivity contribution is 0.0996. The molecule has 1 aliphatic heterocycles. The highest BCUT2D eigenvalue weighted by Crippen LogP contribution is 2.27. The number of nitrogens with one attached hydrogen (secondary N) is 2. The lowest BCUT2D eigenvalue weighted by Crippen LogP contribution is -2.49. The van der Waals surface area contributed by atoms with Crippen LogP contribution in [0.3, 0.4) is 0 Å². The maximum Gasteiger partial charge on any atom is 0.326 e. The number of carbonyl (C=O) groups is 2. The summed E-state index contributed by atoms with van der Waals surface area (Å²) in [7, 11) is -3.35. The van der Waals surface area contributed by atoms with Crippen molar-refractivity contribution >= 4 is 39.0 Å². The highest BCUT2D eigenvalue weighted by atomic mass is 32.2. The van der Waals surface area contributed by atoms with Crippen molar-refractivity contribution in [1.29, 1.82) is 0 Å². The molecule has 5 rings (SSSR count). The Kier molecular flexibility index (Phi) is 10.1. The van der Waals surface area contributed by atoms with Crippen LogP contribution in [-0.4, -0.2) is 55.1 Å². The lowest BCUT2D eigenvalue weighted by atomic mass is 10.0. The molecule has 240 valence electrons. The van der Waals surface area contributed by atoms with Crippen LogP contribution in [0, 0.1) is 5.82 Å². The Labute approximate surface area is 267 Å². The first kappa shape index (κ1) is 32.4. The van der Waals surface area contributed by atoms with Crippen LogP contribution in [0.15, 0.2) is 91.1 Å². The standard InChI is InChI=1S/C33H35FN6O5S/c1-2-46(43,44)38-24-9-12-28(13-10-24)45-31-15-8-23(21-36-31)22-39-18-16-27(17-19-39)40(26-6-4-3-5-7-26)33(42)37-25-11-14-30(34)29(20-25)32(35)41/h3-15,20-21,27,38H,2,16-19,22H2,1H3,(H2,35,41)(H,37,42). The molecule has 11 nitrogen and oxygen atoms in total. The number of para-hydroxylation sites is 1. The number of ether oxygens (including phenoxy) is 1. The number of piperidine rings is 1. The van der Waals surface area contributed by atoms with Crippen molar-refractivity contribution in [2.45, 2.75) is 32.4 Å². The number of nitrogens with zero attached hydrogens (tertiary/aromatic N) is 3. The number of hydrogen-bond acceptors (Lipinski definition) is 7. The zero-order chi connectivity index (χ0) is 32.7. The zero-order valence-electron chi connectivity index (χ0n) is 25.2. The predicted molar refractivity (Wildman–Crippen MR) is 175 cm³/mol. The molecule has 1 saturated heterocycles. The molecule has 4 N–H and O–H groups in total. The fourth-order valence-corrected chi connectivity index (χ4v) is 5.82. The minimum Gasteiger partial charge on any atom is -0.439 e. The monoisotopic (exact) mass is 646 g/mol. The molecule has 13 heteroatoms. The molecule has 3 aromatic carbocycles. The highest BCUT2D eigenvalue weighted by Gasteiger charge is 2.29. The summed E-state index contributed by atoms with van der Waals surface area (Å²) in [6.07, 6.45) is 3.20. The van der Waals surface area contributed by atoms with E-state index in [1.165, 1.54) is 12.1 Å². The number of hydrogen-bond donors (Lipinski definition) is 3. The summed E-state index contributed by atoms with van der Waals surface area (Å²) in [4.78, 5) is 33.6. The van der Waals surface area contributed by atoms with Crippen LogP contribution in [0.1, 0.15) is 35.7 Å². The van der Waals surface area contributed by atoms with Crippen LogP contribution in [0.5, 0.6) is 11.6 Å². The van der Waals surface area contributed by atoms with Crippen LogP contribution in [0.2, 0.25) is 0 Å². The number of likely N-dealkylation sites (tertiary alicyclic amines) is 1. The van der Waals surface area contributed by atoms with Gasteiger partial charge in [0.15, 0.2) is 0 Å². The Morgan fingerprint density at radius 1 is 1.00 bits per heavy atom. The zero-order valence-corrected chi connectivity index (χ0v) is 26.0. The van der Waals surface area contributed by atoms with Gasteiger partial charge in [-0.1, -0.05) is 24.3 Å². The topological polar surface area (TPSA) is 147 Å². The molecular weight excluding hydrogens is 611 g/mol. The summed E-state index contributed by atoms with van der Waals surface area (Å²) in [5.74, 6) is -0.728. The molecule has 0 unspecified atom stereocenters. The number of nitrogens with two attached hydrogens (primary N) is 1. The van der Waals surface area contributed by atoms with E-state index in [-0.39, 0.29) is 29.1 Å². The molecule has 0 aliphatic carbocycles. The first-order chi connectivity index (χ1) is 22.1. The number of urea groups is 1. The van der Waals surface area contributed by atoms with E-state index in [1.807, 2.05) is 36.4 Å². The van der Waals surface area contributed by atoms with Crippen LogP contribution < -0.4 is 25.4 Å². The molecule has 46 heavy (non-hydrogen) atoms. The smallest absolute Gasteiger partial charge is 0.326 e. The number of primary amides is 1. The lowest BCUT2D eigenvalue weighted by Gasteiger charge is -2.38. The largest absolute Gasteiger partial charge is 0.439 e. The fraction of sp³-hybridized carbons (Fsp3) is 0.242. The van der Waals surface area contributed by atoms with Gasteiger partial charge in [0.2, 0.25) is 15.9 Å². The third kappa shape index (κ3) is 8.37. The summed E-state index contributed by atoms with van der Waals surface area (Å²) >= 11 is 0. The number of amides is 3. The first-order valence-electron chi connectivity index (χ1n) is 14.8. The van der Waals surface area contributed by atoms with Gasteiger partial charge in [-0.15, -0.1) is 0 Å². The second-order valence-corrected chi connectivity index (χ2v) is 12.8. The van der Waals surface area contributed by atoms with Gasteiger partial charge in [0.25, 0.3) is 5.91 Å². The van der Waals surface area contributed by atoms with Crippen molar-refractivity contribution in [3.63, 3.8) is 0 Å². The van der Waals surface area contributed by atoms with Crippen molar-refractivity contribution in [3.05, 3.63) is 108 Å². The molecule has 0 radical (unpaired) electrons. The van der Waals surface area contributed by atoms with Gasteiger partial charge < -0.3 is 15.8 Å². The molecule has 2 heterocycles. The number of rotatable bonds is 11. The van der Waals surface area contributed by atoms with Gasteiger partial charge in [0.05, 0.1) is 11.3 Å². The number of sulfonamides is 1. The van der Waals surface area contributed by atoms with Crippen molar-refractivity contribution in [2.75, 3.05) is 33.8 Å². The number of carbonyl (C=O) groups excluding carboxylic acids is 2. The van der Waals surface area contributed by atoms with Gasteiger partial charge in [0.1, 0.15) is 11.6 Å². The molecule has 0 bridgehead atoms. The maximum atomic E-state index is 14.0. The van der Waals surface area contributed by atoms with Crippen molar-refractivity contribution in [1.82, 2.24) is 9.88 Å². The molecule has 1 aliphatic rings. The van der Waals surface area contributed by atoms with Gasteiger partial charge in [-0.05, 0) is 79.9 Å². The SMILES string of the molecule is CCS(=O)(=O)Nc1ccc(Oc2ccc(CN3CCC(N(C(=O)Nc4ccc(F)c(C(N)=O)c4)c4ccccc4)CC3)cn2)cc1. The van der Waals surface area contributed by atoms with E-state index in [0.29, 0.717) is 23.9 Å². The van der Waals surface area contributed by atoms with E-state index >= 15 is 0 Å². The summed E-state index contributed by atoms with van der Waals surface area (Å²) < 4.78 is 45.8. The second-order valence-electron chi connectivity index (χ2n) is 10.8. The van der Waals surface area contributed by atoms with E-state index in [1.54, 1.807) is 48.4 Å². The molecular formula is C33H35FN6O5S. The average molecular weight is 647 g/mol. The third-order valence-electron chi connectivity index (χ3n) is 7.59. The minimum atomic E-state index is -3.35. The second kappa shape index (κ2) is 14.4. The third-order valence-corrected chi connectivity index (χ3v) is 8.90. The Morgan fingerprint density at radius 3 is 2.33 bits per heavy atom. The molecule has 0 saturated carbocycles. The molecule has 3 amide bonds. The van der Waals surface area contributed by atoms with Crippen molar-refractivity contribution in [2.24, 2.45) is 5.73 Å². The highest BCUT2D eigenvalue weighted by molar-refractivity contribution is 7.92. The Hall–Kier alpha value is -5.01.